The molecule has 3 atom stereocenters. The van der Waals surface area contributed by atoms with Crippen LogP contribution in [0, 0.1) is 29.1 Å². The number of benzene rings is 1. The number of anilines is 1. The number of halogens is 3. The number of nitrogens with one attached hydrogen (secondary N) is 1. The van der Waals surface area contributed by atoms with Crippen molar-refractivity contribution in [2.75, 3.05) is 31.6 Å². The highest BCUT2D eigenvalue weighted by atomic mass is 35.5. The number of rotatable bonds is 7. The Morgan fingerprint density at radius 3 is 2.43 bits per heavy atom. The number of carbonyl (C=O) groups is 1. The fourth-order valence-corrected chi connectivity index (χ4v) is 6.40. The molecule has 3 aliphatic rings. The average Bonchev–Trinajstić information content (AvgIpc) is 3.39. The number of ether oxygens (including phenoxy) is 1. The molecule has 1 amide bonds. The number of amides is 1. The lowest BCUT2D eigenvalue weighted by atomic mass is 9.69. The Kier molecular flexibility index (Phi) is 7.04. The molecule has 5 nitrogen and oxygen atoms in total. The smallest absolute Gasteiger partial charge is 0.264 e. The van der Waals surface area contributed by atoms with Crippen LogP contribution in [0.25, 0.3) is 10.8 Å². The molecule has 2 aliphatic heterocycles. The maximum absolute atomic E-state index is 14.8. The second-order valence-corrected chi connectivity index (χ2v) is 12.6. The highest BCUT2D eigenvalue weighted by Crippen LogP contribution is 2.63. The summed E-state index contributed by atoms with van der Waals surface area (Å²) in [7, 11) is 0. The van der Waals surface area contributed by atoms with E-state index in [1.165, 1.54) is 0 Å². The Balaban J connectivity index is 1.30. The third-order valence-corrected chi connectivity index (χ3v) is 10.1. The number of nitrogens with zero attached hydrogens (tertiary/aromatic N) is 2. The molecule has 0 spiro atoms. The van der Waals surface area contributed by atoms with Gasteiger partial charge in [-0.3, -0.25) is 9.69 Å². The first-order valence-corrected chi connectivity index (χ1v) is 13.9. The summed E-state index contributed by atoms with van der Waals surface area (Å²) in [5.74, 6) is -5.37. The van der Waals surface area contributed by atoms with Gasteiger partial charge in [-0.15, -0.1) is 0 Å². The number of pyridine rings is 1. The number of hydrogen-bond acceptors (Lipinski definition) is 4. The fraction of sp³-hybridized carbons (Fsp3) is 0.655. The number of carbonyl (C=O) groups excluding carboxylic acids is 1. The van der Waals surface area contributed by atoms with E-state index in [-0.39, 0.29) is 17.3 Å². The Labute approximate surface area is 223 Å². The minimum atomic E-state index is -3.01. The predicted octanol–water partition coefficient (Wildman–Crippen LogP) is 6.60. The molecule has 1 aliphatic carbocycles. The van der Waals surface area contributed by atoms with Crippen LogP contribution in [-0.2, 0) is 9.53 Å². The van der Waals surface area contributed by atoms with E-state index < -0.39 is 23.7 Å². The molecular formula is C29H38ClF2N3O2. The summed E-state index contributed by atoms with van der Waals surface area (Å²) in [5.41, 5.74) is 0.794. The van der Waals surface area contributed by atoms with Crippen molar-refractivity contribution in [3.05, 3.63) is 35.0 Å². The number of fused-ring (bicyclic) bond motifs is 1. The third-order valence-electron chi connectivity index (χ3n) is 9.79. The van der Waals surface area contributed by atoms with Gasteiger partial charge in [0.25, 0.3) is 5.92 Å². The lowest BCUT2D eigenvalue weighted by molar-refractivity contribution is -0.119. The topological polar surface area (TPSA) is 54.5 Å². The van der Waals surface area contributed by atoms with Gasteiger partial charge in [-0.25, -0.2) is 13.8 Å². The van der Waals surface area contributed by atoms with E-state index in [0.29, 0.717) is 17.8 Å². The zero-order valence-electron chi connectivity index (χ0n) is 22.4. The Hall–Kier alpha value is -1.83. The van der Waals surface area contributed by atoms with Crippen molar-refractivity contribution in [3.63, 3.8) is 0 Å². The minimum absolute atomic E-state index is 0.227. The van der Waals surface area contributed by atoms with E-state index >= 15 is 0 Å². The zero-order valence-corrected chi connectivity index (χ0v) is 23.1. The van der Waals surface area contributed by atoms with Crippen LogP contribution in [-0.4, -0.2) is 54.1 Å². The summed E-state index contributed by atoms with van der Waals surface area (Å²) in [5, 5.41) is 5.16. The van der Waals surface area contributed by atoms with Gasteiger partial charge in [-0.05, 0) is 78.2 Å². The minimum Gasteiger partial charge on any atom is -0.378 e. The lowest BCUT2D eigenvalue weighted by Crippen LogP contribution is -2.51. The van der Waals surface area contributed by atoms with E-state index in [0.717, 1.165) is 60.5 Å². The quantitative estimate of drug-likeness (QED) is 0.435. The van der Waals surface area contributed by atoms with E-state index in [4.69, 9.17) is 16.3 Å². The highest BCUT2D eigenvalue weighted by Gasteiger charge is 2.74. The van der Waals surface area contributed by atoms with Gasteiger partial charge in [0.2, 0.25) is 5.91 Å². The molecule has 3 heterocycles. The van der Waals surface area contributed by atoms with Crippen LogP contribution in [0.5, 0.6) is 0 Å². The number of hydrogen-bond donors (Lipinski definition) is 1. The highest BCUT2D eigenvalue weighted by molar-refractivity contribution is 6.32. The molecule has 1 aromatic heterocycles. The number of piperidine rings is 1. The summed E-state index contributed by atoms with van der Waals surface area (Å²) in [6.45, 7) is 13.6. The lowest BCUT2D eigenvalue weighted by Gasteiger charge is -2.41. The van der Waals surface area contributed by atoms with Crippen LogP contribution in [0.3, 0.4) is 0 Å². The van der Waals surface area contributed by atoms with Crippen molar-refractivity contribution in [1.29, 1.82) is 0 Å². The molecule has 2 aromatic rings. The van der Waals surface area contributed by atoms with Gasteiger partial charge >= 0.3 is 0 Å². The molecular weight excluding hydrogens is 496 g/mol. The maximum atomic E-state index is 14.8. The summed E-state index contributed by atoms with van der Waals surface area (Å²) in [4.78, 5) is 19.8. The van der Waals surface area contributed by atoms with Crippen molar-refractivity contribution in [3.8, 4) is 0 Å². The second kappa shape index (κ2) is 9.73. The van der Waals surface area contributed by atoms with Crippen LogP contribution in [0.1, 0.15) is 58.9 Å². The third kappa shape index (κ3) is 4.87. The van der Waals surface area contributed by atoms with Crippen molar-refractivity contribution in [2.24, 2.45) is 29.1 Å². The largest absolute Gasteiger partial charge is 0.378 e. The first-order valence-electron chi connectivity index (χ1n) is 13.5. The van der Waals surface area contributed by atoms with Crippen molar-refractivity contribution >= 4 is 34.1 Å². The fourth-order valence-electron chi connectivity index (χ4n) is 6.08. The monoisotopic (exact) mass is 533 g/mol. The molecule has 2 saturated heterocycles. The first kappa shape index (κ1) is 26.8. The van der Waals surface area contributed by atoms with E-state index in [2.05, 4.69) is 21.3 Å². The van der Waals surface area contributed by atoms with Crippen LogP contribution in [0.15, 0.2) is 24.4 Å². The van der Waals surface area contributed by atoms with Gasteiger partial charge in [-0.1, -0.05) is 46.2 Å². The molecule has 3 unspecified atom stereocenters. The molecule has 202 valence electrons. The molecule has 0 bridgehead atoms. The molecule has 8 heteroatoms. The summed E-state index contributed by atoms with van der Waals surface area (Å²) in [6.07, 6.45) is 3.70. The molecule has 1 saturated carbocycles. The zero-order chi connectivity index (χ0) is 26.7. The van der Waals surface area contributed by atoms with Gasteiger partial charge < -0.3 is 10.1 Å². The van der Waals surface area contributed by atoms with Crippen LogP contribution >= 0.6 is 11.6 Å². The van der Waals surface area contributed by atoms with Gasteiger partial charge in [0.1, 0.15) is 11.7 Å². The van der Waals surface area contributed by atoms with E-state index in [9.17, 15) is 13.6 Å². The number of alkyl halides is 2. The molecule has 0 radical (unpaired) electrons. The Bertz CT molecular complexity index is 1180. The summed E-state index contributed by atoms with van der Waals surface area (Å²) >= 11 is 6.67. The number of aromatic nitrogens is 1. The summed E-state index contributed by atoms with van der Waals surface area (Å²) < 4.78 is 35.0. The van der Waals surface area contributed by atoms with Crippen LogP contribution in [0.2, 0.25) is 5.02 Å². The van der Waals surface area contributed by atoms with Crippen molar-refractivity contribution in [1.82, 2.24) is 9.88 Å². The maximum Gasteiger partial charge on any atom is 0.264 e. The Morgan fingerprint density at radius 2 is 1.84 bits per heavy atom. The van der Waals surface area contributed by atoms with Gasteiger partial charge in [0.05, 0.1) is 19.3 Å². The SMILES string of the molecule is CC(C)C(C)(C)C(C)C1C(C(=O)Nc2cc3cc(C4CCN(C5COC5)CC4)c(Cl)cc3cn2)C1(F)F. The van der Waals surface area contributed by atoms with Gasteiger partial charge in [0, 0.05) is 22.5 Å². The molecule has 3 fully saturated rings. The predicted molar refractivity (Wildman–Crippen MR) is 143 cm³/mol. The molecule has 37 heavy (non-hydrogen) atoms. The molecule has 5 rings (SSSR count). The van der Waals surface area contributed by atoms with Gasteiger partial charge in [-0.2, -0.15) is 0 Å². The molecule has 1 aromatic carbocycles. The summed E-state index contributed by atoms with van der Waals surface area (Å²) in [6, 6.07) is 6.30. The standard InChI is InChI=1S/C29H38ClF2N3O2/c1-16(2)28(4,5)17(3)25-26(29(25,31)32)27(36)34-24-12-19-10-22(23(30)11-20(19)13-33-24)18-6-8-35(9-7-18)21-14-37-15-21/h10-13,16-18,21,25-26H,6-9,14-15H2,1-5H3,(H,33,34,36). The van der Waals surface area contributed by atoms with Crippen molar-refractivity contribution < 1.29 is 18.3 Å². The van der Waals surface area contributed by atoms with Crippen LogP contribution in [0.4, 0.5) is 14.6 Å². The Morgan fingerprint density at radius 1 is 1.16 bits per heavy atom. The normalized spacial score (nSPS) is 25.8. The first-order chi connectivity index (χ1) is 17.4. The van der Waals surface area contributed by atoms with E-state index in [1.54, 1.807) is 12.3 Å². The number of likely N-dealkylation sites (tertiary alicyclic amines) is 1. The van der Waals surface area contributed by atoms with Crippen molar-refractivity contribution in [2.45, 2.75) is 65.3 Å². The average molecular weight is 534 g/mol. The molecule has 1 N–H and O–H groups in total. The van der Waals surface area contributed by atoms with E-state index in [1.807, 2.05) is 40.7 Å². The van der Waals surface area contributed by atoms with Crippen LogP contribution < -0.4 is 5.32 Å². The van der Waals surface area contributed by atoms with Gasteiger partial charge in [0.15, 0.2) is 0 Å². The second-order valence-electron chi connectivity index (χ2n) is 12.2.